The van der Waals surface area contributed by atoms with Gasteiger partial charge in [-0.25, -0.2) is 4.98 Å². The molecule has 0 saturated carbocycles. The van der Waals surface area contributed by atoms with Crippen LogP contribution in [0.25, 0.3) is 0 Å². The van der Waals surface area contributed by atoms with Gasteiger partial charge in [-0.05, 0) is 25.7 Å². The molecule has 1 heterocycles. The zero-order valence-corrected chi connectivity index (χ0v) is 13.0. The molecular weight excluding hydrogens is 250 g/mol. The summed E-state index contributed by atoms with van der Waals surface area (Å²) in [6.45, 7) is 7.07. The molecule has 0 fully saturated rings. The van der Waals surface area contributed by atoms with Gasteiger partial charge < -0.3 is 9.47 Å². The molecule has 0 unspecified atom stereocenters. The largest absolute Gasteiger partial charge is 0.343 e. The molecular formula is C16H28N3O. The molecule has 0 N–H and O–H groups in total. The highest BCUT2D eigenvalue weighted by atomic mass is 16.2. The SMILES string of the molecule is CCCN(CCC)C(=O)CCCCCCn1c[c]nc1. The Morgan fingerprint density at radius 2 is 1.85 bits per heavy atom. The second kappa shape index (κ2) is 10.5. The quantitative estimate of drug-likeness (QED) is 0.583. The maximum absolute atomic E-state index is 12.1. The molecule has 0 aliphatic heterocycles. The Morgan fingerprint density at radius 1 is 1.15 bits per heavy atom. The van der Waals surface area contributed by atoms with Crippen molar-refractivity contribution < 1.29 is 4.79 Å². The fourth-order valence-electron chi connectivity index (χ4n) is 2.35. The molecule has 113 valence electrons. The minimum absolute atomic E-state index is 0.331. The second-order valence-corrected chi connectivity index (χ2v) is 5.29. The molecule has 1 amide bonds. The number of unbranched alkanes of at least 4 members (excludes halogenated alkanes) is 3. The van der Waals surface area contributed by atoms with E-state index in [1.54, 1.807) is 6.33 Å². The summed E-state index contributed by atoms with van der Waals surface area (Å²) in [5, 5.41) is 0. The summed E-state index contributed by atoms with van der Waals surface area (Å²) in [5.74, 6) is 0.331. The molecule has 0 saturated heterocycles. The molecule has 0 atom stereocenters. The third-order valence-corrected chi connectivity index (χ3v) is 3.40. The highest BCUT2D eigenvalue weighted by molar-refractivity contribution is 5.76. The van der Waals surface area contributed by atoms with Crippen LogP contribution >= 0.6 is 0 Å². The van der Waals surface area contributed by atoms with Gasteiger partial charge >= 0.3 is 0 Å². The fourth-order valence-corrected chi connectivity index (χ4v) is 2.35. The molecule has 0 aromatic carbocycles. The maximum Gasteiger partial charge on any atom is 0.222 e. The lowest BCUT2D eigenvalue weighted by Gasteiger charge is -2.21. The van der Waals surface area contributed by atoms with Gasteiger partial charge in [-0.3, -0.25) is 4.79 Å². The maximum atomic E-state index is 12.1. The minimum Gasteiger partial charge on any atom is -0.343 e. The van der Waals surface area contributed by atoms with Crippen LogP contribution < -0.4 is 0 Å². The van der Waals surface area contributed by atoms with E-state index < -0.39 is 0 Å². The number of carbonyl (C=O) groups is 1. The summed E-state index contributed by atoms with van der Waals surface area (Å²) in [7, 11) is 0. The lowest BCUT2D eigenvalue weighted by molar-refractivity contribution is -0.131. The van der Waals surface area contributed by atoms with Crippen molar-refractivity contribution in [3.63, 3.8) is 0 Å². The van der Waals surface area contributed by atoms with E-state index >= 15 is 0 Å². The highest BCUT2D eigenvalue weighted by Gasteiger charge is 2.10. The van der Waals surface area contributed by atoms with Gasteiger partial charge in [-0.1, -0.05) is 26.7 Å². The van der Waals surface area contributed by atoms with E-state index in [0.29, 0.717) is 12.3 Å². The average molecular weight is 278 g/mol. The molecule has 4 heteroatoms. The molecule has 1 aromatic heterocycles. The van der Waals surface area contributed by atoms with Crippen LogP contribution in [0, 0.1) is 6.20 Å². The van der Waals surface area contributed by atoms with Crippen molar-refractivity contribution in [1.29, 1.82) is 0 Å². The average Bonchev–Trinajstić information content (AvgIpc) is 2.95. The number of carbonyl (C=O) groups excluding carboxylic acids is 1. The summed E-state index contributed by atoms with van der Waals surface area (Å²) < 4.78 is 2.05. The Bertz CT molecular complexity index is 343. The van der Waals surface area contributed by atoms with Gasteiger partial charge in [-0.15, -0.1) is 0 Å². The molecule has 1 aromatic rings. The number of aromatic nitrogens is 2. The summed E-state index contributed by atoms with van der Waals surface area (Å²) in [4.78, 5) is 18.0. The lowest BCUT2D eigenvalue weighted by atomic mass is 10.1. The zero-order valence-electron chi connectivity index (χ0n) is 13.0. The van der Waals surface area contributed by atoms with Crippen molar-refractivity contribution in [2.24, 2.45) is 0 Å². The molecule has 1 rings (SSSR count). The minimum atomic E-state index is 0.331. The first-order chi connectivity index (χ1) is 9.77. The van der Waals surface area contributed by atoms with Crippen LogP contribution in [-0.4, -0.2) is 33.4 Å². The normalized spacial score (nSPS) is 10.7. The number of hydrogen-bond donors (Lipinski definition) is 0. The van der Waals surface area contributed by atoms with Crippen molar-refractivity contribution in [1.82, 2.24) is 14.5 Å². The monoisotopic (exact) mass is 278 g/mol. The summed E-state index contributed by atoms with van der Waals surface area (Å²) in [6.07, 6.45) is 13.7. The van der Waals surface area contributed by atoms with Crippen molar-refractivity contribution in [2.75, 3.05) is 13.1 Å². The first-order valence-corrected chi connectivity index (χ1v) is 7.93. The Balaban J connectivity index is 2.05. The number of rotatable bonds is 11. The van der Waals surface area contributed by atoms with Crippen LogP contribution in [0.4, 0.5) is 0 Å². The number of nitrogens with zero attached hydrogens (tertiary/aromatic N) is 3. The van der Waals surface area contributed by atoms with Crippen LogP contribution in [0.2, 0.25) is 0 Å². The van der Waals surface area contributed by atoms with Crippen molar-refractivity contribution in [3.8, 4) is 0 Å². The summed E-state index contributed by atoms with van der Waals surface area (Å²) >= 11 is 0. The van der Waals surface area contributed by atoms with Gasteiger partial charge in [0.1, 0.15) is 6.20 Å². The van der Waals surface area contributed by atoms with Crippen LogP contribution in [0.3, 0.4) is 0 Å². The van der Waals surface area contributed by atoms with E-state index in [0.717, 1.165) is 51.7 Å². The molecule has 4 nitrogen and oxygen atoms in total. The predicted molar refractivity (Wildman–Crippen MR) is 81.3 cm³/mol. The molecule has 0 bridgehead atoms. The van der Waals surface area contributed by atoms with Crippen molar-refractivity contribution >= 4 is 5.91 Å². The first-order valence-electron chi connectivity index (χ1n) is 7.93. The Kier molecular flexibility index (Phi) is 8.76. The summed E-state index contributed by atoms with van der Waals surface area (Å²) in [5.41, 5.74) is 0. The Labute approximate surface area is 123 Å². The van der Waals surface area contributed by atoms with E-state index in [9.17, 15) is 4.79 Å². The first kappa shape index (κ1) is 16.7. The van der Waals surface area contributed by atoms with Crippen molar-refractivity contribution in [2.45, 2.75) is 65.3 Å². The van der Waals surface area contributed by atoms with Crippen LogP contribution in [0.5, 0.6) is 0 Å². The van der Waals surface area contributed by atoms with E-state index in [1.165, 1.54) is 6.42 Å². The predicted octanol–water partition coefficient (Wildman–Crippen LogP) is 3.28. The van der Waals surface area contributed by atoms with E-state index in [2.05, 4.69) is 29.6 Å². The zero-order chi connectivity index (χ0) is 14.6. The fraction of sp³-hybridized carbons (Fsp3) is 0.750. The van der Waals surface area contributed by atoms with E-state index in [4.69, 9.17) is 0 Å². The Hall–Kier alpha value is -1.32. The number of aryl methyl sites for hydroxylation is 1. The second-order valence-electron chi connectivity index (χ2n) is 5.29. The van der Waals surface area contributed by atoms with E-state index in [1.807, 2.05) is 11.1 Å². The Morgan fingerprint density at radius 3 is 2.45 bits per heavy atom. The van der Waals surface area contributed by atoms with Crippen LogP contribution in [0.15, 0.2) is 12.5 Å². The third kappa shape index (κ3) is 6.73. The number of imidazole rings is 1. The number of hydrogen-bond acceptors (Lipinski definition) is 2. The van der Waals surface area contributed by atoms with Gasteiger partial charge in [0.2, 0.25) is 5.91 Å². The molecule has 0 aliphatic rings. The summed E-state index contributed by atoms with van der Waals surface area (Å²) in [6, 6.07) is 0. The van der Waals surface area contributed by atoms with Gasteiger partial charge in [0.05, 0.1) is 6.33 Å². The molecule has 0 spiro atoms. The van der Waals surface area contributed by atoms with Crippen LogP contribution in [-0.2, 0) is 11.3 Å². The van der Waals surface area contributed by atoms with Crippen LogP contribution in [0.1, 0.15) is 58.8 Å². The van der Waals surface area contributed by atoms with Crippen molar-refractivity contribution in [3.05, 3.63) is 18.7 Å². The number of amides is 1. The van der Waals surface area contributed by atoms with Gasteiger partial charge in [0, 0.05) is 32.3 Å². The lowest BCUT2D eigenvalue weighted by Crippen LogP contribution is -2.32. The standard InChI is InChI=1S/C16H28N3O/c1-3-11-19(12-4-2)16(20)9-7-5-6-8-13-18-14-10-17-15-18/h14-15H,3-9,11-13H2,1-2H3. The van der Waals surface area contributed by atoms with Gasteiger partial charge in [0.15, 0.2) is 0 Å². The molecule has 20 heavy (non-hydrogen) atoms. The molecule has 1 radical (unpaired) electrons. The third-order valence-electron chi connectivity index (χ3n) is 3.40. The van der Waals surface area contributed by atoms with Gasteiger partial charge in [-0.2, -0.15) is 0 Å². The molecule has 0 aliphatic carbocycles. The highest BCUT2D eigenvalue weighted by Crippen LogP contribution is 2.07. The smallest absolute Gasteiger partial charge is 0.222 e. The topological polar surface area (TPSA) is 38.1 Å². The van der Waals surface area contributed by atoms with E-state index in [-0.39, 0.29) is 0 Å². The van der Waals surface area contributed by atoms with Gasteiger partial charge in [0.25, 0.3) is 0 Å².